The van der Waals surface area contributed by atoms with Crippen molar-refractivity contribution < 1.29 is 9.13 Å². The van der Waals surface area contributed by atoms with Crippen LogP contribution in [0.5, 0.6) is 5.75 Å². The van der Waals surface area contributed by atoms with Gasteiger partial charge in [0.2, 0.25) is 0 Å². The van der Waals surface area contributed by atoms with E-state index < -0.39 is 0 Å². The number of nitrogens with zero attached hydrogens (tertiary/aromatic N) is 2. The number of aromatic nitrogens is 1. The molecule has 0 unspecified atom stereocenters. The molecule has 0 fully saturated rings. The van der Waals surface area contributed by atoms with Crippen molar-refractivity contribution in [2.24, 2.45) is 5.10 Å². The van der Waals surface area contributed by atoms with Gasteiger partial charge in [0, 0.05) is 21.9 Å². The summed E-state index contributed by atoms with van der Waals surface area (Å²) < 4.78 is 18.4. The van der Waals surface area contributed by atoms with Crippen molar-refractivity contribution in [3.05, 3.63) is 102 Å². The second kappa shape index (κ2) is 8.47. The quantitative estimate of drug-likeness (QED) is 0.196. The minimum absolute atomic E-state index is 0.282. The fourth-order valence-corrected chi connectivity index (χ4v) is 3.70. The normalized spacial score (nSPS) is 11.3. The fraction of sp³-hybridized carbons (Fsp3) is 0.0370. The topological polar surface area (TPSA) is 46.5 Å². The predicted molar refractivity (Wildman–Crippen MR) is 129 cm³/mol. The zero-order valence-electron chi connectivity index (χ0n) is 17.4. The van der Waals surface area contributed by atoms with Gasteiger partial charge < -0.3 is 4.74 Å². The first-order valence-corrected chi connectivity index (χ1v) is 10.2. The third-order valence-electron chi connectivity index (χ3n) is 5.36. The average Bonchev–Trinajstić information content (AvgIpc) is 2.85. The molecule has 0 spiro atoms. The van der Waals surface area contributed by atoms with Crippen LogP contribution in [0.1, 0.15) is 5.56 Å². The van der Waals surface area contributed by atoms with Gasteiger partial charge >= 0.3 is 0 Å². The van der Waals surface area contributed by atoms with Gasteiger partial charge in [0.1, 0.15) is 11.6 Å². The maximum atomic E-state index is 13.1. The molecule has 1 aromatic heterocycles. The van der Waals surface area contributed by atoms with E-state index in [4.69, 9.17) is 9.72 Å². The van der Waals surface area contributed by atoms with Gasteiger partial charge in [-0.1, -0.05) is 36.4 Å². The number of nitrogens with one attached hydrogen (secondary N) is 1. The summed E-state index contributed by atoms with van der Waals surface area (Å²) in [6.07, 6.45) is 1.77. The molecule has 32 heavy (non-hydrogen) atoms. The SMILES string of the molecule is COc1ccc(-c2cc(/C=N/Nc3ccc(F)cc3)c3ccc4ccccc4c3n2)cc1. The van der Waals surface area contributed by atoms with E-state index in [2.05, 4.69) is 34.8 Å². The number of hydrazone groups is 1. The van der Waals surface area contributed by atoms with Gasteiger partial charge in [-0.25, -0.2) is 9.37 Å². The Morgan fingerprint density at radius 1 is 0.875 bits per heavy atom. The lowest BCUT2D eigenvalue weighted by atomic mass is 10.0. The van der Waals surface area contributed by atoms with Crippen molar-refractivity contribution in [1.82, 2.24) is 4.98 Å². The highest BCUT2D eigenvalue weighted by Crippen LogP contribution is 2.30. The molecule has 0 radical (unpaired) electrons. The highest BCUT2D eigenvalue weighted by Gasteiger charge is 2.10. The Kier molecular flexibility index (Phi) is 5.22. The standard InChI is InChI=1S/C27H20FN3O/c1-32-23-13-6-19(7-14-23)26-16-20(17-29-31-22-11-9-21(28)10-12-22)25-15-8-18-4-2-3-5-24(18)27(25)30-26/h2-17,31H,1H3/b29-17+. The third-order valence-corrected chi connectivity index (χ3v) is 5.36. The molecule has 5 heteroatoms. The van der Waals surface area contributed by atoms with Gasteiger partial charge in [0.05, 0.1) is 30.2 Å². The molecule has 0 aliphatic heterocycles. The summed E-state index contributed by atoms with van der Waals surface area (Å²) in [5.41, 5.74) is 7.36. The Labute approximate surface area is 185 Å². The van der Waals surface area contributed by atoms with E-state index in [0.717, 1.165) is 44.2 Å². The van der Waals surface area contributed by atoms with Crippen LogP contribution >= 0.6 is 0 Å². The Hall–Kier alpha value is -4.25. The van der Waals surface area contributed by atoms with Gasteiger partial charge in [0.25, 0.3) is 0 Å². The second-order valence-corrected chi connectivity index (χ2v) is 7.38. The highest BCUT2D eigenvalue weighted by molar-refractivity contribution is 6.11. The van der Waals surface area contributed by atoms with Crippen LogP contribution in [0, 0.1) is 5.82 Å². The van der Waals surface area contributed by atoms with E-state index >= 15 is 0 Å². The monoisotopic (exact) mass is 421 g/mol. The van der Waals surface area contributed by atoms with Crippen LogP contribution in [-0.2, 0) is 0 Å². The number of methoxy groups -OCH3 is 1. The average molecular weight is 421 g/mol. The van der Waals surface area contributed by atoms with Crippen molar-refractivity contribution in [3.8, 4) is 17.0 Å². The number of hydrogen-bond donors (Lipinski definition) is 1. The zero-order valence-corrected chi connectivity index (χ0v) is 17.4. The van der Waals surface area contributed by atoms with Crippen molar-refractivity contribution in [2.75, 3.05) is 12.5 Å². The van der Waals surface area contributed by atoms with Crippen LogP contribution in [0.15, 0.2) is 96.1 Å². The molecule has 4 nitrogen and oxygen atoms in total. The van der Waals surface area contributed by atoms with Crippen LogP contribution in [0.2, 0.25) is 0 Å². The summed E-state index contributed by atoms with van der Waals surface area (Å²) in [5.74, 6) is 0.515. The van der Waals surface area contributed by atoms with Crippen molar-refractivity contribution >= 4 is 33.6 Å². The van der Waals surface area contributed by atoms with Gasteiger partial charge in [-0.05, 0) is 60.0 Å². The molecule has 0 saturated carbocycles. The first-order valence-electron chi connectivity index (χ1n) is 10.2. The van der Waals surface area contributed by atoms with Gasteiger partial charge in [-0.2, -0.15) is 5.10 Å². The zero-order chi connectivity index (χ0) is 21.9. The molecular weight excluding hydrogens is 401 g/mol. The smallest absolute Gasteiger partial charge is 0.123 e. The van der Waals surface area contributed by atoms with Gasteiger partial charge in [-0.15, -0.1) is 0 Å². The predicted octanol–water partition coefficient (Wildman–Crippen LogP) is 6.65. The molecule has 1 N–H and O–H groups in total. The molecule has 0 amide bonds. The molecule has 0 aliphatic carbocycles. The second-order valence-electron chi connectivity index (χ2n) is 7.38. The summed E-state index contributed by atoms with van der Waals surface area (Å²) in [7, 11) is 1.65. The number of benzene rings is 4. The van der Waals surface area contributed by atoms with Crippen LogP contribution in [-0.4, -0.2) is 18.3 Å². The lowest BCUT2D eigenvalue weighted by Gasteiger charge is -2.10. The number of rotatable bonds is 5. The lowest BCUT2D eigenvalue weighted by molar-refractivity contribution is 0.415. The molecule has 5 aromatic rings. The molecule has 0 atom stereocenters. The molecule has 1 heterocycles. The first kappa shape index (κ1) is 19.7. The maximum Gasteiger partial charge on any atom is 0.123 e. The summed E-state index contributed by atoms with van der Waals surface area (Å²) in [4.78, 5) is 5.00. The largest absolute Gasteiger partial charge is 0.497 e. The van der Waals surface area contributed by atoms with Gasteiger partial charge in [-0.3, -0.25) is 5.43 Å². The van der Waals surface area contributed by atoms with E-state index in [1.165, 1.54) is 12.1 Å². The van der Waals surface area contributed by atoms with E-state index in [1.807, 2.05) is 42.5 Å². The molecule has 4 aromatic carbocycles. The minimum atomic E-state index is -0.282. The molecule has 5 rings (SSSR count). The van der Waals surface area contributed by atoms with E-state index in [-0.39, 0.29) is 5.82 Å². The Morgan fingerprint density at radius 3 is 2.44 bits per heavy atom. The Balaban J connectivity index is 1.63. The van der Waals surface area contributed by atoms with Gasteiger partial charge in [0.15, 0.2) is 0 Å². The summed E-state index contributed by atoms with van der Waals surface area (Å²) >= 11 is 0. The van der Waals surface area contributed by atoms with E-state index in [1.54, 1.807) is 25.5 Å². The van der Waals surface area contributed by atoms with Crippen LogP contribution in [0.25, 0.3) is 32.9 Å². The lowest BCUT2D eigenvalue weighted by Crippen LogP contribution is -1.95. The van der Waals surface area contributed by atoms with Crippen LogP contribution in [0.4, 0.5) is 10.1 Å². The fourth-order valence-electron chi connectivity index (χ4n) is 3.70. The molecule has 0 aliphatic rings. The van der Waals surface area contributed by atoms with Crippen LogP contribution < -0.4 is 10.2 Å². The maximum absolute atomic E-state index is 13.1. The Bertz CT molecular complexity index is 1430. The molecular formula is C27H20FN3O. The van der Waals surface area contributed by atoms with Crippen molar-refractivity contribution in [2.45, 2.75) is 0 Å². The van der Waals surface area contributed by atoms with E-state index in [9.17, 15) is 4.39 Å². The highest BCUT2D eigenvalue weighted by atomic mass is 19.1. The Morgan fingerprint density at radius 2 is 1.66 bits per heavy atom. The van der Waals surface area contributed by atoms with Crippen molar-refractivity contribution in [3.63, 3.8) is 0 Å². The number of ether oxygens (including phenoxy) is 1. The molecule has 0 bridgehead atoms. The number of pyridine rings is 1. The number of fused-ring (bicyclic) bond motifs is 3. The van der Waals surface area contributed by atoms with E-state index in [0.29, 0.717) is 5.69 Å². The van der Waals surface area contributed by atoms with Crippen LogP contribution in [0.3, 0.4) is 0 Å². The summed E-state index contributed by atoms with van der Waals surface area (Å²) in [5, 5.41) is 7.61. The third kappa shape index (κ3) is 3.88. The minimum Gasteiger partial charge on any atom is -0.497 e. The number of anilines is 1. The summed E-state index contributed by atoms with van der Waals surface area (Å²) in [6.45, 7) is 0. The van der Waals surface area contributed by atoms with Crippen molar-refractivity contribution in [1.29, 1.82) is 0 Å². The number of hydrogen-bond acceptors (Lipinski definition) is 4. The summed E-state index contributed by atoms with van der Waals surface area (Å²) in [6, 6.07) is 28.3. The number of halogens is 1. The first-order chi connectivity index (χ1) is 15.7. The molecule has 0 saturated heterocycles. The molecule has 156 valence electrons.